The van der Waals surface area contributed by atoms with Crippen LogP contribution in [0.25, 0.3) is 0 Å². The van der Waals surface area contributed by atoms with E-state index in [1.54, 1.807) is 4.90 Å². The second-order valence-corrected chi connectivity index (χ2v) is 8.18. The lowest BCUT2D eigenvalue weighted by Crippen LogP contribution is -2.49. The summed E-state index contributed by atoms with van der Waals surface area (Å²) in [6.07, 6.45) is 5.47. The molecule has 0 radical (unpaired) electrons. The van der Waals surface area contributed by atoms with Crippen LogP contribution >= 0.6 is 11.3 Å². The van der Waals surface area contributed by atoms with E-state index in [1.807, 2.05) is 33.1 Å². The van der Waals surface area contributed by atoms with E-state index in [2.05, 4.69) is 10.3 Å². The van der Waals surface area contributed by atoms with Crippen molar-refractivity contribution in [3.8, 4) is 0 Å². The minimum Gasteiger partial charge on any atom is -0.330 e. The van der Waals surface area contributed by atoms with Gasteiger partial charge in [0.05, 0.1) is 5.69 Å². The highest BCUT2D eigenvalue weighted by Gasteiger charge is 2.33. The summed E-state index contributed by atoms with van der Waals surface area (Å²) in [5.74, 6) is -0.114. The maximum Gasteiger partial charge on any atom is 0.245 e. The standard InChI is InChI=1S/C17H27N3O2S/c1-12-11-23-16(18-12)19-14(21)10-20(15(22)17(2,3)4)13-8-6-5-7-9-13/h11,13H,5-10H2,1-4H3,(H,18,19,21). The first-order valence-electron chi connectivity index (χ1n) is 8.30. The van der Waals surface area contributed by atoms with E-state index < -0.39 is 5.41 Å². The van der Waals surface area contributed by atoms with Crippen molar-refractivity contribution < 1.29 is 9.59 Å². The number of hydrogen-bond acceptors (Lipinski definition) is 4. The van der Waals surface area contributed by atoms with Crippen LogP contribution in [0.5, 0.6) is 0 Å². The maximum atomic E-state index is 12.8. The number of aromatic nitrogens is 1. The Morgan fingerprint density at radius 1 is 1.30 bits per heavy atom. The van der Waals surface area contributed by atoms with Crippen LogP contribution in [0.1, 0.15) is 58.6 Å². The summed E-state index contributed by atoms with van der Waals surface area (Å²) in [7, 11) is 0. The lowest BCUT2D eigenvalue weighted by molar-refractivity contribution is -0.145. The fourth-order valence-corrected chi connectivity index (χ4v) is 3.62. The van der Waals surface area contributed by atoms with Crippen molar-refractivity contribution in [3.05, 3.63) is 11.1 Å². The molecule has 1 aromatic rings. The minimum atomic E-state index is -0.477. The Kier molecular flexibility index (Phi) is 5.79. The van der Waals surface area contributed by atoms with Gasteiger partial charge in [0.1, 0.15) is 6.54 Å². The molecule has 0 aromatic carbocycles. The van der Waals surface area contributed by atoms with Crippen LogP contribution in [0.3, 0.4) is 0 Å². The second-order valence-electron chi connectivity index (χ2n) is 7.32. The van der Waals surface area contributed by atoms with E-state index in [4.69, 9.17) is 0 Å². The zero-order chi connectivity index (χ0) is 17.0. The Bertz CT molecular complexity index is 556. The van der Waals surface area contributed by atoms with Crippen molar-refractivity contribution in [2.75, 3.05) is 11.9 Å². The molecule has 2 amide bonds. The Balaban J connectivity index is 2.06. The van der Waals surface area contributed by atoms with Crippen LogP contribution < -0.4 is 5.32 Å². The van der Waals surface area contributed by atoms with Crippen LogP contribution in [-0.2, 0) is 9.59 Å². The summed E-state index contributed by atoms with van der Waals surface area (Å²) in [6, 6.07) is 0.180. The molecule has 0 atom stereocenters. The molecule has 128 valence electrons. The van der Waals surface area contributed by atoms with Crippen LogP contribution in [0.15, 0.2) is 5.38 Å². The number of anilines is 1. The Labute approximate surface area is 142 Å². The predicted octanol–water partition coefficient (Wildman–Crippen LogP) is 3.60. The van der Waals surface area contributed by atoms with E-state index >= 15 is 0 Å². The Hall–Kier alpha value is -1.43. The van der Waals surface area contributed by atoms with Gasteiger partial charge in [0.25, 0.3) is 0 Å². The molecule has 1 fully saturated rings. The summed E-state index contributed by atoms with van der Waals surface area (Å²) in [5, 5.41) is 5.31. The zero-order valence-electron chi connectivity index (χ0n) is 14.5. The number of carbonyl (C=O) groups excluding carboxylic acids is 2. The lowest BCUT2D eigenvalue weighted by Gasteiger charge is -2.37. The normalized spacial score (nSPS) is 16.2. The highest BCUT2D eigenvalue weighted by molar-refractivity contribution is 7.13. The molecular weight excluding hydrogens is 310 g/mol. The quantitative estimate of drug-likeness (QED) is 0.913. The predicted molar refractivity (Wildman–Crippen MR) is 93.5 cm³/mol. The average molecular weight is 337 g/mol. The number of nitrogens with zero attached hydrogens (tertiary/aromatic N) is 2. The van der Waals surface area contributed by atoms with Gasteiger partial charge in [0.2, 0.25) is 11.8 Å². The number of nitrogens with one attached hydrogen (secondary N) is 1. The van der Waals surface area contributed by atoms with Gasteiger partial charge < -0.3 is 10.2 Å². The molecule has 0 spiro atoms. The van der Waals surface area contributed by atoms with E-state index in [0.717, 1.165) is 31.4 Å². The SMILES string of the molecule is Cc1csc(NC(=O)CN(C(=O)C(C)(C)C)C2CCCCC2)n1. The molecule has 1 aromatic heterocycles. The van der Waals surface area contributed by atoms with Crippen molar-refractivity contribution in [1.29, 1.82) is 0 Å². The third-order valence-electron chi connectivity index (χ3n) is 4.10. The minimum absolute atomic E-state index is 0.0508. The molecule has 1 N–H and O–H groups in total. The molecule has 1 aliphatic rings. The molecule has 23 heavy (non-hydrogen) atoms. The van der Waals surface area contributed by atoms with Crippen LogP contribution in [0.4, 0.5) is 5.13 Å². The molecular formula is C17H27N3O2S. The van der Waals surface area contributed by atoms with Gasteiger partial charge in [-0.05, 0) is 19.8 Å². The molecule has 0 aliphatic heterocycles. The van der Waals surface area contributed by atoms with Crippen LogP contribution in [0, 0.1) is 12.3 Å². The zero-order valence-corrected chi connectivity index (χ0v) is 15.3. The first-order chi connectivity index (χ1) is 10.8. The molecule has 1 aliphatic carbocycles. The molecule has 6 heteroatoms. The molecule has 0 saturated heterocycles. The van der Waals surface area contributed by atoms with Crippen molar-refractivity contribution in [2.45, 2.75) is 65.8 Å². The van der Waals surface area contributed by atoms with E-state index in [9.17, 15) is 9.59 Å². The van der Waals surface area contributed by atoms with E-state index in [1.165, 1.54) is 17.8 Å². The Morgan fingerprint density at radius 3 is 2.48 bits per heavy atom. The molecule has 2 rings (SSSR count). The van der Waals surface area contributed by atoms with Crippen LogP contribution in [-0.4, -0.2) is 34.3 Å². The number of rotatable bonds is 4. The van der Waals surface area contributed by atoms with Crippen molar-refractivity contribution >= 4 is 28.3 Å². The monoisotopic (exact) mass is 337 g/mol. The maximum absolute atomic E-state index is 12.8. The summed E-state index contributed by atoms with van der Waals surface area (Å²) >= 11 is 1.41. The fraction of sp³-hybridized carbons (Fsp3) is 0.706. The van der Waals surface area contributed by atoms with Crippen LogP contribution in [0.2, 0.25) is 0 Å². The topological polar surface area (TPSA) is 62.3 Å². The van der Waals surface area contributed by atoms with Gasteiger partial charge in [-0.1, -0.05) is 40.0 Å². The van der Waals surface area contributed by atoms with Gasteiger partial charge in [0.15, 0.2) is 5.13 Å². The van der Waals surface area contributed by atoms with Gasteiger partial charge in [-0.15, -0.1) is 11.3 Å². The number of thiazole rings is 1. The van der Waals surface area contributed by atoms with E-state index in [0.29, 0.717) is 5.13 Å². The highest BCUT2D eigenvalue weighted by atomic mass is 32.1. The average Bonchev–Trinajstić information content (AvgIpc) is 2.89. The third kappa shape index (κ3) is 5.03. The smallest absolute Gasteiger partial charge is 0.245 e. The van der Waals surface area contributed by atoms with Gasteiger partial charge in [-0.2, -0.15) is 0 Å². The number of aryl methyl sites for hydroxylation is 1. The Morgan fingerprint density at radius 2 is 1.96 bits per heavy atom. The molecule has 0 unspecified atom stereocenters. The third-order valence-corrected chi connectivity index (χ3v) is 4.97. The summed E-state index contributed by atoms with van der Waals surface area (Å²) in [4.78, 5) is 31.2. The largest absolute Gasteiger partial charge is 0.330 e. The van der Waals surface area contributed by atoms with Gasteiger partial charge >= 0.3 is 0 Å². The molecule has 1 heterocycles. The number of hydrogen-bond donors (Lipinski definition) is 1. The first-order valence-corrected chi connectivity index (χ1v) is 9.18. The summed E-state index contributed by atoms with van der Waals surface area (Å²) < 4.78 is 0. The van der Waals surface area contributed by atoms with E-state index in [-0.39, 0.29) is 24.4 Å². The summed E-state index contributed by atoms with van der Waals surface area (Å²) in [5.41, 5.74) is 0.412. The lowest BCUT2D eigenvalue weighted by atomic mass is 9.89. The molecule has 0 bridgehead atoms. The van der Waals surface area contributed by atoms with Crippen molar-refractivity contribution in [2.24, 2.45) is 5.41 Å². The number of carbonyl (C=O) groups is 2. The van der Waals surface area contributed by atoms with Gasteiger partial charge in [0, 0.05) is 16.8 Å². The second kappa shape index (κ2) is 7.43. The number of amides is 2. The fourth-order valence-electron chi connectivity index (χ4n) is 2.92. The van der Waals surface area contributed by atoms with Crippen molar-refractivity contribution in [3.63, 3.8) is 0 Å². The molecule has 5 nitrogen and oxygen atoms in total. The highest BCUT2D eigenvalue weighted by Crippen LogP contribution is 2.27. The summed E-state index contributed by atoms with van der Waals surface area (Å²) in [6.45, 7) is 7.73. The van der Waals surface area contributed by atoms with Gasteiger partial charge in [-0.3, -0.25) is 9.59 Å². The van der Waals surface area contributed by atoms with Crippen molar-refractivity contribution in [1.82, 2.24) is 9.88 Å². The first kappa shape index (κ1) is 17.9. The molecule has 1 saturated carbocycles. The van der Waals surface area contributed by atoms with Gasteiger partial charge in [-0.25, -0.2) is 4.98 Å².